The number of amides is 1. The first-order valence-corrected chi connectivity index (χ1v) is 9.75. The van der Waals surface area contributed by atoms with Crippen molar-refractivity contribution in [3.63, 3.8) is 0 Å². The molecule has 4 rings (SSSR count). The number of nitrogens with zero attached hydrogens (tertiary/aromatic N) is 3. The van der Waals surface area contributed by atoms with Crippen molar-refractivity contribution in [1.29, 1.82) is 0 Å². The Kier molecular flexibility index (Phi) is 5.29. The van der Waals surface area contributed by atoms with Crippen molar-refractivity contribution in [3.8, 4) is 0 Å². The summed E-state index contributed by atoms with van der Waals surface area (Å²) in [6.45, 7) is 0.415. The first-order chi connectivity index (χ1) is 13.7. The zero-order chi connectivity index (χ0) is 19.3. The molecule has 0 aliphatic carbocycles. The number of nitrogens with one attached hydrogen (secondary N) is 1. The van der Waals surface area contributed by atoms with Crippen LogP contribution in [0.15, 0.2) is 63.8 Å². The normalized spacial score (nSPS) is 11.0. The third-order valence-electron chi connectivity index (χ3n) is 4.27. The number of carbonyl (C=O) groups is 1. The summed E-state index contributed by atoms with van der Waals surface area (Å²) in [7, 11) is 0. The molecule has 7 nitrogen and oxygen atoms in total. The molecule has 4 aromatic rings. The van der Waals surface area contributed by atoms with Crippen LogP contribution < -0.4 is 11.1 Å². The number of benzene rings is 2. The maximum Gasteiger partial charge on any atom is 0.419 e. The van der Waals surface area contributed by atoms with Crippen LogP contribution in [0, 0.1) is 0 Å². The Labute approximate surface area is 164 Å². The molecule has 0 saturated carbocycles. The van der Waals surface area contributed by atoms with Gasteiger partial charge in [-0.3, -0.25) is 9.36 Å². The lowest BCUT2D eigenvalue weighted by molar-refractivity contribution is -0.116. The lowest BCUT2D eigenvalue weighted by atomic mass is 10.2. The molecule has 2 aromatic carbocycles. The molecule has 0 bridgehead atoms. The zero-order valence-electron chi connectivity index (χ0n) is 15.0. The summed E-state index contributed by atoms with van der Waals surface area (Å²) in [4.78, 5) is 24.1. The van der Waals surface area contributed by atoms with Gasteiger partial charge >= 0.3 is 5.76 Å². The third kappa shape index (κ3) is 4.17. The third-order valence-corrected chi connectivity index (χ3v) is 5.11. The van der Waals surface area contributed by atoms with E-state index < -0.39 is 5.76 Å². The molecule has 28 heavy (non-hydrogen) atoms. The lowest BCUT2D eigenvalue weighted by Crippen LogP contribution is -2.17. The minimum Gasteiger partial charge on any atom is -0.408 e. The van der Waals surface area contributed by atoms with E-state index in [1.807, 2.05) is 48.5 Å². The Hall–Kier alpha value is -3.26. The van der Waals surface area contributed by atoms with E-state index in [2.05, 4.69) is 15.5 Å². The number of hydrogen-bond donors (Lipinski definition) is 1. The predicted molar refractivity (Wildman–Crippen MR) is 107 cm³/mol. The smallest absolute Gasteiger partial charge is 0.408 e. The van der Waals surface area contributed by atoms with E-state index in [1.54, 1.807) is 10.6 Å². The summed E-state index contributed by atoms with van der Waals surface area (Å²) in [5.41, 5.74) is 2.44. The molecule has 0 unspecified atom stereocenters. The average Bonchev–Trinajstić information content (AvgIpc) is 3.26. The molecule has 0 fully saturated rings. The van der Waals surface area contributed by atoms with Crippen LogP contribution in [0.5, 0.6) is 0 Å². The van der Waals surface area contributed by atoms with Crippen molar-refractivity contribution in [3.05, 3.63) is 75.7 Å². The van der Waals surface area contributed by atoms with Crippen LogP contribution in [0.2, 0.25) is 0 Å². The number of carbonyl (C=O) groups excluding carboxylic acids is 1. The highest BCUT2D eigenvalue weighted by atomic mass is 32.1. The highest BCUT2D eigenvalue weighted by Gasteiger charge is 2.11. The van der Waals surface area contributed by atoms with Crippen molar-refractivity contribution in [1.82, 2.24) is 14.8 Å². The van der Waals surface area contributed by atoms with E-state index in [1.165, 1.54) is 11.3 Å². The molecule has 1 N–H and O–H groups in total. The summed E-state index contributed by atoms with van der Waals surface area (Å²) in [6.07, 6.45) is 1.48. The molecule has 8 heteroatoms. The van der Waals surface area contributed by atoms with E-state index in [0.717, 1.165) is 16.1 Å². The fraction of sp³-hybridized carbons (Fsp3) is 0.200. The van der Waals surface area contributed by atoms with Crippen molar-refractivity contribution in [2.75, 3.05) is 5.32 Å². The van der Waals surface area contributed by atoms with Gasteiger partial charge in [0.05, 0.1) is 5.52 Å². The Balaban J connectivity index is 1.30. The standard InChI is InChI=1S/C20H18N4O3S/c25-17(11-6-12-24-15-9-4-5-10-16(15)27-20(24)26)21-19-23-22-18(28-19)13-14-7-2-1-3-8-14/h1-5,7-10H,6,11-13H2,(H,21,23,25). The van der Waals surface area contributed by atoms with Gasteiger partial charge in [0.15, 0.2) is 5.58 Å². The van der Waals surface area contributed by atoms with E-state index in [-0.39, 0.29) is 12.3 Å². The van der Waals surface area contributed by atoms with Gasteiger partial charge in [0.25, 0.3) is 0 Å². The number of oxazole rings is 1. The van der Waals surface area contributed by atoms with Crippen molar-refractivity contribution in [2.45, 2.75) is 25.8 Å². The number of anilines is 1. The van der Waals surface area contributed by atoms with Crippen LogP contribution in [0.1, 0.15) is 23.4 Å². The molecule has 0 radical (unpaired) electrons. The molecule has 2 aromatic heterocycles. The van der Waals surface area contributed by atoms with E-state index in [4.69, 9.17) is 4.42 Å². The Morgan fingerprint density at radius 3 is 2.71 bits per heavy atom. The zero-order valence-corrected chi connectivity index (χ0v) is 15.8. The van der Waals surface area contributed by atoms with Gasteiger partial charge < -0.3 is 9.73 Å². The Morgan fingerprint density at radius 1 is 1.07 bits per heavy atom. The maximum absolute atomic E-state index is 12.2. The summed E-state index contributed by atoms with van der Waals surface area (Å²) >= 11 is 1.37. The van der Waals surface area contributed by atoms with Crippen molar-refractivity contribution < 1.29 is 9.21 Å². The van der Waals surface area contributed by atoms with Gasteiger partial charge in [0, 0.05) is 19.4 Å². The first-order valence-electron chi connectivity index (χ1n) is 8.93. The van der Waals surface area contributed by atoms with Crippen LogP contribution >= 0.6 is 11.3 Å². The summed E-state index contributed by atoms with van der Waals surface area (Å²) in [5.74, 6) is -0.556. The summed E-state index contributed by atoms with van der Waals surface area (Å²) in [5, 5.41) is 12.3. The van der Waals surface area contributed by atoms with Crippen LogP contribution in [0.3, 0.4) is 0 Å². The maximum atomic E-state index is 12.2. The van der Waals surface area contributed by atoms with Gasteiger partial charge in [0.2, 0.25) is 11.0 Å². The molecule has 0 aliphatic rings. The molecular formula is C20H18N4O3S. The van der Waals surface area contributed by atoms with Crippen LogP contribution in [-0.2, 0) is 17.8 Å². The SMILES string of the molecule is O=C(CCCn1c(=O)oc2ccccc21)Nc1nnc(Cc2ccccc2)s1. The van der Waals surface area contributed by atoms with Crippen LogP contribution in [0.25, 0.3) is 11.1 Å². The molecule has 1 amide bonds. The van der Waals surface area contributed by atoms with Crippen LogP contribution in [0.4, 0.5) is 5.13 Å². The number of rotatable bonds is 7. The predicted octanol–water partition coefficient (Wildman–Crippen LogP) is 3.46. The lowest BCUT2D eigenvalue weighted by Gasteiger charge is -2.02. The minimum atomic E-state index is -0.406. The molecule has 0 spiro atoms. The topological polar surface area (TPSA) is 90.0 Å². The van der Waals surface area contributed by atoms with Crippen LogP contribution in [-0.4, -0.2) is 20.7 Å². The molecule has 0 aliphatic heterocycles. The fourth-order valence-electron chi connectivity index (χ4n) is 2.95. The van der Waals surface area contributed by atoms with Crippen molar-refractivity contribution in [2.24, 2.45) is 0 Å². The second kappa shape index (κ2) is 8.18. The number of hydrogen-bond acceptors (Lipinski definition) is 6. The van der Waals surface area contributed by atoms with Gasteiger partial charge in [-0.1, -0.05) is 53.8 Å². The van der Waals surface area contributed by atoms with E-state index >= 15 is 0 Å². The van der Waals surface area contributed by atoms with Gasteiger partial charge in [-0.05, 0) is 24.1 Å². The fourth-order valence-corrected chi connectivity index (χ4v) is 3.74. The monoisotopic (exact) mass is 394 g/mol. The molecule has 142 valence electrons. The second-order valence-electron chi connectivity index (χ2n) is 6.30. The minimum absolute atomic E-state index is 0.150. The summed E-state index contributed by atoms with van der Waals surface area (Å²) < 4.78 is 6.74. The largest absolute Gasteiger partial charge is 0.419 e. The van der Waals surface area contributed by atoms with Gasteiger partial charge in [-0.15, -0.1) is 10.2 Å². The highest BCUT2D eigenvalue weighted by molar-refractivity contribution is 7.15. The van der Waals surface area contributed by atoms with E-state index in [0.29, 0.717) is 30.1 Å². The van der Waals surface area contributed by atoms with Gasteiger partial charge in [-0.25, -0.2) is 4.79 Å². The molecule has 2 heterocycles. The molecular weight excluding hydrogens is 376 g/mol. The van der Waals surface area contributed by atoms with Gasteiger partial charge in [0.1, 0.15) is 5.01 Å². The average molecular weight is 394 g/mol. The van der Waals surface area contributed by atoms with Gasteiger partial charge in [-0.2, -0.15) is 0 Å². The van der Waals surface area contributed by atoms with E-state index in [9.17, 15) is 9.59 Å². The Bertz CT molecular complexity index is 1150. The number of fused-ring (bicyclic) bond motifs is 1. The molecule has 0 saturated heterocycles. The number of aryl methyl sites for hydroxylation is 1. The molecule has 0 atom stereocenters. The van der Waals surface area contributed by atoms with Crippen molar-refractivity contribution >= 4 is 33.5 Å². The first kappa shape index (κ1) is 18.1. The Morgan fingerprint density at radius 2 is 1.86 bits per heavy atom. The highest BCUT2D eigenvalue weighted by Crippen LogP contribution is 2.19. The quantitative estimate of drug-likeness (QED) is 0.518. The summed E-state index contributed by atoms with van der Waals surface area (Å²) in [6, 6.07) is 17.2. The number of aromatic nitrogens is 3. The number of para-hydroxylation sites is 2. The second-order valence-corrected chi connectivity index (χ2v) is 7.36.